The molecule has 0 fully saturated rings. The Morgan fingerprint density at radius 3 is 2.60 bits per heavy atom. The number of methoxy groups -OCH3 is 1. The molecule has 0 saturated carbocycles. The zero-order valence-corrected chi connectivity index (χ0v) is 13.6. The van der Waals surface area contributed by atoms with Gasteiger partial charge in [-0.3, -0.25) is 4.90 Å². The number of hydrogen-bond donors (Lipinski definition) is 1. The fourth-order valence-corrected chi connectivity index (χ4v) is 2.34. The Morgan fingerprint density at radius 1 is 1.25 bits per heavy atom. The molecule has 20 heavy (non-hydrogen) atoms. The largest absolute Gasteiger partial charge is 0.497 e. The van der Waals surface area contributed by atoms with Crippen LogP contribution in [0.3, 0.4) is 0 Å². The summed E-state index contributed by atoms with van der Waals surface area (Å²) in [5.41, 5.74) is 1.30. The van der Waals surface area contributed by atoms with Crippen LogP contribution < -0.4 is 10.1 Å². The topological polar surface area (TPSA) is 24.5 Å². The van der Waals surface area contributed by atoms with Crippen molar-refractivity contribution in [3.05, 3.63) is 29.8 Å². The quantitative estimate of drug-likeness (QED) is 0.751. The van der Waals surface area contributed by atoms with Gasteiger partial charge in [0.05, 0.1) is 7.11 Å². The molecule has 0 aliphatic rings. The van der Waals surface area contributed by atoms with Gasteiger partial charge in [0.15, 0.2) is 0 Å². The highest BCUT2D eigenvalue weighted by Gasteiger charge is 2.13. The first kappa shape index (κ1) is 17.0. The van der Waals surface area contributed by atoms with Gasteiger partial charge in [0.2, 0.25) is 0 Å². The first-order chi connectivity index (χ1) is 9.56. The molecule has 0 aliphatic carbocycles. The third kappa shape index (κ3) is 5.93. The second kappa shape index (κ2) is 8.98. The van der Waals surface area contributed by atoms with Gasteiger partial charge < -0.3 is 10.1 Å². The van der Waals surface area contributed by atoms with Gasteiger partial charge in [0.25, 0.3) is 0 Å². The van der Waals surface area contributed by atoms with E-state index in [4.69, 9.17) is 4.74 Å². The smallest absolute Gasteiger partial charge is 0.119 e. The molecule has 1 N–H and O–H groups in total. The molecule has 0 aromatic heterocycles. The molecule has 1 rings (SSSR count). The van der Waals surface area contributed by atoms with Crippen LogP contribution in [-0.4, -0.2) is 38.2 Å². The van der Waals surface area contributed by atoms with Gasteiger partial charge in [0.1, 0.15) is 5.75 Å². The van der Waals surface area contributed by atoms with E-state index in [2.05, 4.69) is 56.2 Å². The number of benzene rings is 1. The van der Waals surface area contributed by atoms with Gasteiger partial charge in [0, 0.05) is 19.1 Å². The van der Waals surface area contributed by atoms with E-state index in [9.17, 15) is 0 Å². The summed E-state index contributed by atoms with van der Waals surface area (Å²) >= 11 is 0. The average molecular weight is 278 g/mol. The van der Waals surface area contributed by atoms with Crippen LogP contribution in [0.2, 0.25) is 0 Å². The zero-order valence-electron chi connectivity index (χ0n) is 13.6. The van der Waals surface area contributed by atoms with Crippen molar-refractivity contribution >= 4 is 0 Å². The third-order valence-corrected chi connectivity index (χ3v) is 3.59. The van der Waals surface area contributed by atoms with E-state index >= 15 is 0 Å². The molecule has 1 unspecified atom stereocenters. The first-order valence-electron chi connectivity index (χ1n) is 7.60. The second-order valence-electron chi connectivity index (χ2n) is 5.88. The molecular weight excluding hydrogens is 248 g/mol. The number of nitrogens with zero attached hydrogens (tertiary/aromatic N) is 1. The number of rotatable bonds is 9. The molecule has 0 saturated heterocycles. The molecule has 1 aromatic rings. The van der Waals surface area contributed by atoms with E-state index in [0.29, 0.717) is 12.0 Å². The Morgan fingerprint density at radius 2 is 2.00 bits per heavy atom. The van der Waals surface area contributed by atoms with Gasteiger partial charge in [-0.05, 0) is 43.6 Å². The van der Waals surface area contributed by atoms with E-state index in [1.54, 1.807) is 7.11 Å². The van der Waals surface area contributed by atoms with Crippen molar-refractivity contribution in [2.45, 2.75) is 39.8 Å². The van der Waals surface area contributed by atoms with Crippen LogP contribution in [-0.2, 0) is 6.54 Å². The minimum Gasteiger partial charge on any atom is -0.497 e. The number of likely N-dealkylation sites (N-methyl/N-ethyl adjacent to an activating group) is 1. The Kier molecular flexibility index (Phi) is 7.63. The van der Waals surface area contributed by atoms with Gasteiger partial charge in [-0.1, -0.05) is 32.9 Å². The molecule has 0 bridgehead atoms. The summed E-state index contributed by atoms with van der Waals surface area (Å²) in [6.07, 6.45) is 1.16. The predicted octanol–water partition coefficient (Wildman–Crippen LogP) is 3.15. The molecule has 0 radical (unpaired) electrons. The van der Waals surface area contributed by atoms with Crippen LogP contribution in [0.1, 0.15) is 32.8 Å². The maximum absolute atomic E-state index is 5.28. The lowest BCUT2D eigenvalue weighted by atomic mass is 10.1. The second-order valence-corrected chi connectivity index (χ2v) is 5.88. The van der Waals surface area contributed by atoms with E-state index in [0.717, 1.165) is 31.8 Å². The third-order valence-electron chi connectivity index (χ3n) is 3.59. The molecule has 114 valence electrons. The highest BCUT2D eigenvalue weighted by atomic mass is 16.5. The summed E-state index contributed by atoms with van der Waals surface area (Å²) < 4.78 is 5.28. The van der Waals surface area contributed by atoms with E-state index < -0.39 is 0 Å². The summed E-state index contributed by atoms with van der Waals surface area (Å²) in [6.45, 7) is 9.84. The van der Waals surface area contributed by atoms with Crippen molar-refractivity contribution < 1.29 is 4.74 Å². The van der Waals surface area contributed by atoms with Crippen molar-refractivity contribution in [1.29, 1.82) is 0 Å². The van der Waals surface area contributed by atoms with Gasteiger partial charge in [-0.25, -0.2) is 0 Å². The van der Waals surface area contributed by atoms with E-state index in [1.165, 1.54) is 5.56 Å². The standard InChI is InChI=1S/C17H30N2O/c1-6-16(12-18-11-14(2)3)19(4)13-15-8-7-9-17(10-15)20-5/h7-10,14,16,18H,6,11-13H2,1-5H3. The maximum Gasteiger partial charge on any atom is 0.119 e. The Hall–Kier alpha value is -1.06. The van der Waals surface area contributed by atoms with Gasteiger partial charge >= 0.3 is 0 Å². The van der Waals surface area contributed by atoms with E-state index in [-0.39, 0.29) is 0 Å². The van der Waals surface area contributed by atoms with Crippen molar-refractivity contribution in [3.8, 4) is 5.75 Å². The SMILES string of the molecule is CCC(CNCC(C)C)N(C)Cc1cccc(OC)c1. The van der Waals surface area contributed by atoms with Gasteiger partial charge in [-0.2, -0.15) is 0 Å². The van der Waals surface area contributed by atoms with Crippen LogP contribution >= 0.6 is 0 Å². The molecular formula is C17H30N2O. The lowest BCUT2D eigenvalue weighted by molar-refractivity contribution is 0.219. The fourth-order valence-electron chi connectivity index (χ4n) is 2.34. The normalized spacial score (nSPS) is 12.9. The summed E-state index contributed by atoms with van der Waals surface area (Å²) in [4.78, 5) is 2.42. The van der Waals surface area contributed by atoms with Gasteiger partial charge in [-0.15, -0.1) is 0 Å². The van der Waals surface area contributed by atoms with Crippen LogP contribution in [0.5, 0.6) is 5.75 Å². The number of ether oxygens (including phenoxy) is 1. The maximum atomic E-state index is 5.28. The fraction of sp³-hybridized carbons (Fsp3) is 0.647. The van der Waals surface area contributed by atoms with Crippen molar-refractivity contribution in [2.24, 2.45) is 5.92 Å². The average Bonchev–Trinajstić information content (AvgIpc) is 2.43. The van der Waals surface area contributed by atoms with E-state index in [1.807, 2.05) is 6.07 Å². The molecule has 1 atom stereocenters. The first-order valence-corrected chi connectivity index (χ1v) is 7.60. The predicted molar refractivity (Wildman–Crippen MR) is 86.2 cm³/mol. The minimum atomic E-state index is 0.569. The summed E-state index contributed by atoms with van der Waals surface area (Å²) in [7, 11) is 3.91. The summed E-state index contributed by atoms with van der Waals surface area (Å²) in [5.74, 6) is 1.64. The molecule has 0 amide bonds. The van der Waals surface area contributed by atoms with Crippen LogP contribution in [0.4, 0.5) is 0 Å². The van der Waals surface area contributed by atoms with Crippen molar-refractivity contribution in [3.63, 3.8) is 0 Å². The molecule has 3 nitrogen and oxygen atoms in total. The number of hydrogen-bond acceptors (Lipinski definition) is 3. The van der Waals surface area contributed by atoms with Crippen molar-refractivity contribution in [1.82, 2.24) is 10.2 Å². The minimum absolute atomic E-state index is 0.569. The zero-order chi connectivity index (χ0) is 15.0. The molecule has 1 aromatic carbocycles. The highest BCUT2D eigenvalue weighted by molar-refractivity contribution is 5.28. The lowest BCUT2D eigenvalue weighted by Gasteiger charge is -2.28. The van der Waals surface area contributed by atoms with Crippen LogP contribution in [0.25, 0.3) is 0 Å². The lowest BCUT2D eigenvalue weighted by Crippen LogP contribution is -2.40. The summed E-state index contributed by atoms with van der Waals surface area (Å²) in [5, 5.41) is 3.56. The van der Waals surface area contributed by atoms with Crippen molar-refractivity contribution in [2.75, 3.05) is 27.2 Å². The molecule has 0 spiro atoms. The molecule has 0 aliphatic heterocycles. The monoisotopic (exact) mass is 278 g/mol. The van der Waals surface area contributed by atoms with Crippen LogP contribution in [0, 0.1) is 5.92 Å². The highest BCUT2D eigenvalue weighted by Crippen LogP contribution is 2.15. The molecule has 3 heteroatoms. The Bertz CT molecular complexity index is 379. The molecule has 0 heterocycles. The number of nitrogens with one attached hydrogen (secondary N) is 1. The Labute approximate surface area is 124 Å². The Balaban J connectivity index is 2.51. The summed E-state index contributed by atoms with van der Waals surface area (Å²) in [6, 6.07) is 8.89. The van der Waals surface area contributed by atoms with Crippen LogP contribution in [0.15, 0.2) is 24.3 Å².